The largest absolute Gasteiger partial charge is 0.289 e. The van der Waals surface area contributed by atoms with Gasteiger partial charge in [0.25, 0.3) is 11.9 Å². The van der Waals surface area contributed by atoms with Gasteiger partial charge in [-0.15, -0.1) is 5.10 Å². The molecule has 0 saturated carbocycles. The number of nitrogens with zero attached hydrogens (tertiary/aromatic N) is 3. The van der Waals surface area contributed by atoms with Gasteiger partial charge in [0.15, 0.2) is 0 Å². The third-order valence-corrected chi connectivity index (χ3v) is 4.98. The quantitative estimate of drug-likeness (QED) is 0.675. The predicted octanol–water partition coefficient (Wildman–Crippen LogP) is 3.26. The molecule has 0 aliphatic rings. The first-order valence-electron chi connectivity index (χ1n) is 5.95. The molecule has 2 heterocycles. The molecular weight excluding hydrogens is 387 g/mol. The lowest BCUT2D eigenvalue weighted by Crippen LogP contribution is -2.14. The second-order valence-electron chi connectivity index (χ2n) is 4.31. The van der Waals surface area contributed by atoms with Crippen LogP contribution in [0.1, 0.15) is 20.9 Å². The summed E-state index contributed by atoms with van der Waals surface area (Å²) >= 11 is 3.70. The van der Waals surface area contributed by atoms with Crippen LogP contribution in [0.25, 0.3) is 4.96 Å². The molecule has 0 fully saturated rings. The zero-order valence-corrected chi connectivity index (χ0v) is 13.8. The molecule has 0 bridgehead atoms. The summed E-state index contributed by atoms with van der Waals surface area (Å²) in [5, 5.41) is 7.05. The Morgan fingerprint density at radius 1 is 1.35 bits per heavy atom. The Bertz CT molecular complexity index is 808. The van der Waals surface area contributed by atoms with Crippen LogP contribution >= 0.6 is 33.9 Å². The zero-order valence-electron chi connectivity index (χ0n) is 10.8. The van der Waals surface area contributed by atoms with Crippen LogP contribution in [0.5, 0.6) is 0 Å². The maximum Gasteiger partial charge on any atom is 0.259 e. The van der Waals surface area contributed by atoms with E-state index in [-0.39, 0.29) is 5.91 Å². The number of aryl methyl sites for hydroxylation is 2. The summed E-state index contributed by atoms with van der Waals surface area (Å²) in [5.41, 5.74) is 1.67. The standard InChI is InChI=1S/C13H11IN4OS/c1-7-8(2)20-13-16-12(17-18(7)13)15-11(19)9-5-3-4-6-10(9)14/h3-6H,1-2H3,(H,15,17,19). The second-order valence-corrected chi connectivity index (χ2v) is 6.65. The molecule has 0 unspecified atom stereocenters. The first-order valence-corrected chi connectivity index (χ1v) is 7.84. The van der Waals surface area contributed by atoms with Gasteiger partial charge in [0.05, 0.1) is 11.3 Å². The van der Waals surface area contributed by atoms with Gasteiger partial charge < -0.3 is 0 Å². The summed E-state index contributed by atoms with van der Waals surface area (Å²) in [6, 6.07) is 7.41. The number of halogens is 1. The van der Waals surface area contributed by atoms with Crippen molar-refractivity contribution in [1.82, 2.24) is 14.6 Å². The van der Waals surface area contributed by atoms with Crippen molar-refractivity contribution < 1.29 is 4.79 Å². The number of carbonyl (C=O) groups excluding carboxylic acids is 1. The molecule has 0 aliphatic carbocycles. The Kier molecular flexibility index (Phi) is 3.47. The third-order valence-electron chi connectivity index (χ3n) is 2.99. The van der Waals surface area contributed by atoms with E-state index in [0.29, 0.717) is 11.5 Å². The third kappa shape index (κ3) is 2.31. The Morgan fingerprint density at radius 3 is 2.80 bits per heavy atom. The van der Waals surface area contributed by atoms with Gasteiger partial charge in [-0.3, -0.25) is 10.1 Å². The van der Waals surface area contributed by atoms with Gasteiger partial charge in [0.2, 0.25) is 4.96 Å². The molecule has 0 saturated heterocycles. The Hall–Kier alpha value is -1.48. The van der Waals surface area contributed by atoms with E-state index in [1.54, 1.807) is 21.9 Å². The Balaban J connectivity index is 1.90. The van der Waals surface area contributed by atoms with Crippen molar-refractivity contribution in [2.45, 2.75) is 13.8 Å². The fourth-order valence-corrected chi connectivity index (χ4v) is 3.35. The number of benzene rings is 1. The van der Waals surface area contributed by atoms with E-state index in [0.717, 1.165) is 14.2 Å². The van der Waals surface area contributed by atoms with E-state index in [1.807, 2.05) is 32.0 Å². The van der Waals surface area contributed by atoms with Crippen LogP contribution in [-0.4, -0.2) is 20.5 Å². The number of rotatable bonds is 2. The van der Waals surface area contributed by atoms with Gasteiger partial charge in [-0.2, -0.15) is 4.98 Å². The van der Waals surface area contributed by atoms with Crippen molar-refractivity contribution in [3.8, 4) is 0 Å². The second kappa shape index (κ2) is 5.13. The highest BCUT2D eigenvalue weighted by Gasteiger charge is 2.14. The van der Waals surface area contributed by atoms with E-state index < -0.39 is 0 Å². The maximum atomic E-state index is 12.2. The number of amides is 1. The minimum Gasteiger partial charge on any atom is -0.289 e. The van der Waals surface area contributed by atoms with Crippen molar-refractivity contribution in [3.05, 3.63) is 44.0 Å². The molecule has 102 valence electrons. The molecule has 1 amide bonds. The lowest BCUT2D eigenvalue weighted by molar-refractivity contribution is 0.102. The molecular formula is C13H11IN4OS. The SMILES string of the molecule is Cc1sc2nc(NC(=O)c3ccccc3I)nn2c1C. The van der Waals surface area contributed by atoms with Gasteiger partial charge in [0, 0.05) is 8.45 Å². The molecule has 7 heteroatoms. The fraction of sp³-hybridized carbons (Fsp3) is 0.154. The number of hydrogen-bond donors (Lipinski definition) is 1. The van der Waals surface area contributed by atoms with E-state index in [2.05, 4.69) is 38.0 Å². The molecule has 0 aliphatic heterocycles. The number of fused-ring (bicyclic) bond motifs is 1. The highest BCUT2D eigenvalue weighted by Crippen LogP contribution is 2.21. The fourth-order valence-electron chi connectivity index (χ4n) is 1.81. The summed E-state index contributed by atoms with van der Waals surface area (Å²) in [7, 11) is 0. The highest BCUT2D eigenvalue weighted by molar-refractivity contribution is 14.1. The number of anilines is 1. The minimum atomic E-state index is -0.192. The molecule has 2 aromatic heterocycles. The summed E-state index contributed by atoms with van der Waals surface area (Å²) in [6.45, 7) is 4.01. The highest BCUT2D eigenvalue weighted by atomic mass is 127. The van der Waals surface area contributed by atoms with Crippen molar-refractivity contribution in [3.63, 3.8) is 0 Å². The van der Waals surface area contributed by atoms with E-state index in [1.165, 1.54) is 4.88 Å². The van der Waals surface area contributed by atoms with Crippen LogP contribution in [0.3, 0.4) is 0 Å². The molecule has 3 aromatic rings. The number of nitrogens with one attached hydrogen (secondary N) is 1. The van der Waals surface area contributed by atoms with Crippen molar-refractivity contribution in [2.75, 3.05) is 5.32 Å². The summed E-state index contributed by atoms with van der Waals surface area (Å²) in [5.74, 6) is 0.145. The Morgan fingerprint density at radius 2 is 2.10 bits per heavy atom. The molecule has 1 N–H and O–H groups in total. The van der Waals surface area contributed by atoms with Crippen LogP contribution in [0.4, 0.5) is 5.95 Å². The van der Waals surface area contributed by atoms with Crippen molar-refractivity contribution in [1.29, 1.82) is 0 Å². The molecule has 0 atom stereocenters. The van der Waals surface area contributed by atoms with E-state index >= 15 is 0 Å². The van der Waals surface area contributed by atoms with Crippen LogP contribution in [0.2, 0.25) is 0 Å². The molecule has 3 rings (SSSR count). The number of carbonyl (C=O) groups is 1. The van der Waals surface area contributed by atoms with Crippen molar-refractivity contribution in [2.24, 2.45) is 0 Å². The van der Waals surface area contributed by atoms with Gasteiger partial charge in [-0.05, 0) is 48.6 Å². The molecule has 0 spiro atoms. The van der Waals surface area contributed by atoms with Crippen LogP contribution in [-0.2, 0) is 0 Å². The summed E-state index contributed by atoms with van der Waals surface area (Å²) in [4.78, 5) is 18.5. The zero-order chi connectivity index (χ0) is 14.3. The first-order chi connectivity index (χ1) is 9.56. The summed E-state index contributed by atoms with van der Waals surface area (Å²) < 4.78 is 2.65. The van der Waals surface area contributed by atoms with Crippen LogP contribution in [0.15, 0.2) is 24.3 Å². The minimum absolute atomic E-state index is 0.192. The molecule has 1 aromatic carbocycles. The molecule has 0 radical (unpaired) electrons. The predicted molar refractivity (Wildman–Crippen MR) is 87.5 cm³/mol. The number of hydrogen-bond acceptors (Lipinski definition) is 4. The van der Waals surface area contributed by atoms with Gasteiger partial charge >= 0.3 is 0 Å². The number of thiazole rings is 1. The first kappa shape index (κ1) is 13.5. The number of aromatic nitrogens is 3. The van der Waals surface area contributed by atoms with E-state index in [9.17, 15) is 4.79 Å². The van der Waals surface area contributed by atoms with Gasteiger partial charge in [-0.1, -0.05) is 23.5 Å². The van der Waals surface area contributed by atoms with Crippen LogP contribution in [0, 0.1) is 17.4 Å². The lowest BCUT2D eigenvalue weighted by atomic mass is 10.2. The monoisotopic (exact) mass is 398 g/mol. The molecule has 20 heavy (non-hydrogen) atoms. The van der Waals surface area contributed by atoms with Gasteiger partial charge in [0.1, 0.15) is 0 Å². The van der Waals surface area contributed by atoms with E-state index in [4.69, 9.17) is 0 Å². The molecule has 5 nitrogen and oxygen atoms in total. The normalized spacial score (nSPS) is 10.9. The average Bonchev–Trinajstić information content (AvgIpc) is 2.90. The summed E-state index contributed by atoms with van der Waals surface area (Å²) in [6.07, 6.45) is 0. The van der Waals surface area contributed by atoms with Gasteiger partial charge in [-0.25, -0.2) is 4.52 Å². The topological polar surface area (TPSA) is 59.3 Å². The maximum absolute atomic E-state index is 12.2. The van der Waals surface area contributed by atoms with Crippen LogP contribution < -0.4 is 5.32 Å². The van der Waals surface area contributed by atoms with Crippen molar-refractivity contribution >= 4 is 50.7 Å². The average molecular weight is 398 g/mol. The Labute approximate surface area is 133 Å². The lowest BCUT2D eigenvalue weighted by Gasteiger charge is -2.02. The smallest absolute Gasteiger partial charge is 0.259 e.